The average molecular weight is 611 g/mol. The second-order valence-corrected chi connectivity index (χ2v) is 12.0. The second-order valence-electron chi connectivity index (χ2n) is 12.0. The van der Waals surface area contributed by atoms with Crippen LogP contribution < -0.4 is 0 Å². The third-order valence-electron chi connectivity index (χ3n) is 9.34. The summed E-state index contributed by atoms with van der Waals surface area (Å²) in [4.78, 5) is 0. The third kappa shape index (κ3) is 4.22. The van der Waals surface area contributed by atoms with Gasteiger partial charge in [-0.2, -0.15) is 10.5 Å². The number of fused-ring (bicyclic) bond motifs is 6. The standard InChI is InChI=1S/C44H26N4/c45-27-29-18-21-44-40(24-29)38-14-6-9-17-43(38)48(44)34-23-30(28-46)22-32(25-34)35-20-19-33(26-39(35)31-10-2-1-3-11-31)47-41-15-7-4-12-36(41)37-13-5-8-16-42(37)47/h1-26H. The molecule has 4 heteroatoms. The molecule has 0 unspecified atom stereocenters. The number of hydrogen-bond donors (Lipinski definition) is 0. The van der Waals surface area contributed by atoms with Crippen LogP contribution in [-0.4, -0.2) is 9.13 Å². The molecule has 0 saturated heterocycles. The maximum absolute atomic E-state index is 10.3. The van der Waals surface area contributed by atoms with Crippen LogP contribution >= 0.6 is 0 Å². The molecule has 2 aromatic heterocycles. The first-order valence-electron chi connectivity index (χ1n) is 15.9. The topological polar surface area (TPSA) is 57.4 Å². The van der Waals surface area contributed by atoms with E-state index < -0.39 is 0 Å². The van der Waals surface area contributed by atoms with Crippen molar-refractivity contribution in [2.45, 2.75) is 0 Å². The maximum atomic E-state index is 10.3. The van der Waals surface area contributed by atoms with E-state index in [2.05, 4.69) is 130 Å². The van der Waals surface area contributed by atoms with Crippen molar-refractivity contribution in [2.75, 3.05) is 0 Å². The molecule has 0 radical (unpaired) electrons. The van der Waals surface area contributed by atoms with Gasteiger partial charge in [0, 0.05) is 32.9 Å². The molecule has 222 valence electrons. The molecule has 0 bridgehead atoms. The average Bonchev–Trinajstić information content (AvgIpc) is 3.67. The van der Waals surface area contributed by atoms with E-state index in [9.17, 15) is 10.5 Å². The van der Waals surface area contributed by atoms with Gasteiger partial charge in [-0.15, -0.1) is 0 Å². The number of aromatic nitrogens is 2. The SMILES string of the molecule is N#Cc1cc(-c2ccc(-n3c4ccccc4c4ccccc43)cc2-c2ccccc2)cc(-n2c3ccccc3c3cc(C#N)ccc32)c1. The molecule has 4 nitrogen and oxygen atoms in total. The molecule has 0 aliphatic carbocycles. The summed E-state index contributed by atoms with van der Waals surface area (Å²) in [6.45, 7) is 0. The molecule has 48 heavy (non-hydrogen) atoms. The molecular formula is C44H26N4. The van der Waals surface area contributed by atoms with Crippen molar-refractivity contribution >= 4 is 43.6 Å². The fraction of sp³-hybridized carbons (Fsp3) is 0. The van der Waals surface area contributed by atoms with Gasteiger partial charge in [0.2, 0.25) is 0 Å². The Bertz CT molecular complexity index is 2750. The predicted molar refractivity (Wildman–Crippen MR) is 195 cm³/mol. The molecule has 0 fully saturated rings. The van der Waals surface area contributed by atoms with Crippen LogP contribution in [0, 0.1) is 22.7 Å². The molecule has 0 spiro atoms. The number of para-hydroxylation sites is 3. The lowest BCUT2D eigenvalue weighted by molar-refractivity contribution is 1.17. The molecular weight excluding hydrogens is 585 g/mol. The van der Waals surface area contributed by atoms with Crippen LogP contribution in [-0.2, 0) is 0 Å². The van der Waals surface area contributed by atoms with Crippen LogP contribution in [0.4, 0.5) is 0 Å². The first-order chi connectivity index (χ1) is 23.7. The first-order valence-corrected chi connectivity index (χ1v) is 15.9. The van der Waals surface area contributed by atoms with Crippen LogP contribution in [0.15, 0.2) is 158 Å². The van der Waals surface area contributed by atoms with Crippen LogP contribution in [0.1, 0.15) is 11.1 Å². The zero-order chi connectivity index (χ0) is 32.2. The Morgan fingerprint density at radius 3 is 1.56 bits per heavy atom. The number of nitriles is 2. The maximum Gasteiger partial charge on any atom is 0.0992 e. The van der Waals surface area contributed by atoms with Gasteiger partial charge >= 0.3 is 0 Å². The molecule has 0 N–H and O–H groups in total. The summed E-state index contributed by atoms with van der Waals surface area (Å²) in [6, 6.07) is 59.0. The smallest absolute Gasteiger partial charge is 0.0992 e. The zero-order valence-electron chi connectivity index (χ0n) is 25.8. The van der Waals surface area contributed by atoms with Gasteiger partial charge in [0.25, 0.3) is 0 Å². The van der Waals surface area contributed by atoms with E-state index in [-0.39, 0.29) is 0 Å². The molecule has 0 aliphatic rings. The predicted octanol–water partition coefficient (Wildman–Crippen LogP) is 11.0. The Morgan fingerprint density at radius 1 is 0.354 bits per heavy atom. The summed E-state index contributed by atoms with van der Waals surface area (Å²) in [5.41, 5.74) is 11.7. The van der Waals surface area contributed by atoms with Gasteiger partial charge in [0.05, 0.1) is 45.3 Å². The summed E-state index contributed by atoms with van der Waals surface area (Å²) < 4.78 is 4.54. The van der Waals surface area contributed by atoms with Gasteiger partial charge < -0.3 is 9.13 Å². The lowest BCUT2D eigenvalue weighted by Crippen LogP contribution is -1.98. The van der Waals surface area contributed by atoms with Crippen molar-refractivity contribution in [3.63, 3.8) is 0 Å². The van der Waals surface area contributed by atoms with Crippen LogP contribution in [0.3, 0.4) is 0 Å². The Labute approximate surface area is 277 Å². The van der Waals surface area contributed by atoms with E-state index in [1.165, 1.54) is 10.8 Å². The Kier molecular flexibility index (Phi) is 6.22. The number of rotatable bonds is 4. The van der Waals surface area contributed by atoms with E-state index in [4.69, 9.17) is 0 Å². The summed E-state index contributed by atoms with van der Waals surface area (Å²) in [6.07, 6.45) is 0. The molecule has 0 saturated carbocycles. The lowest BCUT2D eigenvalue weighted by Gasteiger charge is -2.17. The highest BCUT2D eigenvalue weighted by Gasteiger charge is 2.18. The van der Waals surface area contributed by atoms with Crippen molar-refractivity contribution in [1.29, 1.82) is 10.5 Å². The van der Waals surface area contributed by atoms with Crippen molar-refractivity contribution in [3.05, 3.63) is 169 Å². The summed E-state index contributed by atoms with van der Waals surface area (Å²) in [5.74, 6) is 0. The monoisotopic (exact) mass is 610 g/mol. The Hall–Kier alpha value is -6.88. The fourth-order valence-corrected chi connectivity index (χ4v) is 7.26. The highest BCUT2D eigenvalue weighted by Crippen LogP contribution is 2.40. The van der Waals surface area contributed by atoms with Crippen molar-refractivity contribution in [1.82, 2.24) is 9.13 Å². The molecule has 0 amide bonds. The second kappa shape index (κ2) is 10.9. The van der Waals surface area contributed by atoms with Gasteiger partial charge in [0.1, 0.15) is 0 Å². The summed E-state index contributed by atoms with van der Waals surface area (Å²) >= 11 is 0. The number of hydrogen-bond acceptors (Lipinski definition) is 2. The first kappa shape index (κ1) is 27.4. The summed E-state index contributed by atoms with van der Waals surface area (Å²) in [7, 11) is 0. The molecule has 0 atom stereocenters. The van der Waals surface area contributed by atoms with E-state index in [0.717, 1.165) is 66.5 Å². The number of nitrogens with zero attached hydrogens (tertiary/aromatic N) is 4. The third-order valence-corrected chi connectivity index (χ3v) is 9.34. The van der Waals surface area contributed by atoms with Crippen LogP contribution in [0.5, 0.6) is 0 Å². The minimum Gasteiger partial charge on any atom is -0.309 e. The van der Waals surface area contributed by atoms with Gasteiger partial charge in [-0.25, -0.2) is 0 Å². The van der Waals surface area contributed by atoms with Crippen molar-refractivity contribution in [2.24, 2.45) is 0 Å². The van der Waals surface area contributed by atoms with Crippen LogP contribution in [0.2, 0.25) is 0 Å². The highest BCUT2D eigenvalue weighted by molar-refractivity contribution is 6.10. The van der Waals surface area contributed by atoms with E-state index >= 15 is 0 Å². The summed E-state index contributed by atoms with van der Waals surface area (Å²) in [5, 5.41) is 24.4. The minimum absolute atomic E-state index is 0.576. The van der Waals surface area contributed by atoms with E-state index in [0.29, 0.717) is 11.1 Å². The molecule has 2 heterocycles. The fourth-order valence-electron chi connectivity index (χ4n) is 7.26. The van der Waals surface area contributed by atoms with Gasteiger partial charge in [-0.05, 0) is 89.0 Å². The highest BCUT2D eigenvalue weighted by atomic mass is 15.0. The van der Waals surface area contributed by atoms with Gasteiger partial charge in [-0.3, -0.25) is 0 Å². The van der Waals surface area contributed by atoms with E-state index in [1.54, 1.807) is 0 Å². The molecule has 7 aromatic carbocycles. The lowest BCUT2D eigenvalue weighted by atomic mass is 9.92. The van der Waals surface area contributed by atoms with Crippen LogP contribution in [0.25, 0.3) is 77.2 Å². The quantitative estimate of drug-likeness (QED) is 0.199. The molecule has 9 rings (SSSR count). The van der Waals surface area contributed by atoms with E-state index in [1.807, 2.05) is 48.5 Å². The Balaban J connectivity index is 1.30. The van der Waals surface area contributed by atoms with Gasteiger partial charge in [0.15, 0.2) is 0 Å². The van der Waals surface area contributed by atoms with Gasteiger partial charge in [-0.1, -0.05) is 91.0 Å². The molecule has 0 aliphatic heterocycles. The zero-order valence-corrected chi connectivity index (χ0v) is 25.8. The normalized spacial score (nSPS) is 11.3. The minimum atomic E-state index is 0.576. The number of benzene rings is 7. The van der Waals surface area contributed by atoms with Crippen molar-refractivity contribution in [3.8, 4) is 45.8 Å². The van der Waals surface area contributed by atoms with Crippen molar-refractivity contribution < 1.29 is 0 Å². The Morgan fingerprint density at radius 2 is 0.917 bits per heavy atom. The molecule has 9 aromatic rings. The largest absolute Gasteiger partial charge is 0.309 e.